The van der Waals surface area contributed by atoms with E-state index >= 15 is 0 Å². The number of thioether (sulfide) groups is 1. The molecule has 0 radical (unpaired) electrons. The molecule has 14 heavy (non-hydrogen) atoms. The number of hydrogen-bond donors (Lipinski definition) is 1. The van der Waals surface area contributed by atoms with Gasteiger partial charge in [0.25, 0.3) is 0 Å². The molecule has 0 aliphatic carbocycles. The SMILES string of the molecule is Cc1ccc(C)c2c1CSC(C)C2N. The van der Waals surface area contributed by atoms with E-state index in [-0.39, 0.29) is 6.04 Å². The third kappa shape index (κ3) is 1.47. The molecule has 0 saturated carbocycles. The molecule has 1 aromatic rings. The van der Waals surface area contributed by atoms with E-state index in [1.165, 1.54) is 22.3 Å². The standard InChI is InChI=1S/C12H17NS/c1-7-4-5-8(2)11-10(7)6-14-9(3)12(11)13/h4-5,9,12H,6,13H2,1-3H3. The summed E-state index contributed by atoms with van der Waals surface area (Å²) in [7, 11) is 0. The lowest BCUT2D eigenvalue weighted by Crippen LogP contribution is -2.27. The fraction of sp³-hybridized carbons (Fsp3) is 0.500. The van der Waals surface area contributed by atoms with Crippen LogP contribution in [0.3, 0.4) is 0 Å². The van der Waals surface area contributed by atoms with Crippen molar-refractivity contribution >= 4 is 11.8 Å². The van der Waals surface area contributed by atoms with Crippen molar-refractivity contribution in [3.63, 3.8) is 0 Å². The maximum Gasteiger partial charge on any atom is 0.0418 e. The number of nitrogens with two attached hydrogens (primary N) is 1. The van der Waals surface area contributed by atoms with E-state index in [4.69, 9.17) is 5.73 Å². The summed E-state index contributed by atoms with van der Waals surface area (Å²) in [6, 6.07) is 4.61. The highest BCUT2D eigenvalue weighted by Crippen LogP contribution is 2.38. The Morgan fingerprint density at radius 2 is 1.93 bits per heavy atom. The van der Waals surface area contributed by atoms with Crippen LogP contribution < -0.4 is 5.73 Å². The molecule has 2 N–H and O–H groups in total. The van der Waals surface area contributed by atoms with Gasteiger partial charge in [0.15, 0.2) is 0 Å². The molecule has 1 heterocycles. The van der Waals surface area contributed by atoms with Gasteiger partial charge in [-0.05, 0) is 36.1 Å². The van der Waals surface area contributed by atoms with Crippen molar-refractivity contribution in [2.45, 2.75) is 37.8 Å². The second kappa shape index (κ2) is 3.59. The van der Waals surface area contributed by atoms with Gasteiger partial charge >= 0.3 is 0 Å². The Balaban J connectivity index is 2.58. The predicted octanol–water partition coefficient (Wildman–Crippen LogP) is 2.94. The second-order valence-electron chi connectivity index (χ2n) is 4.13. The van der Waals surface area contributed by atoms with E-state index in [1.54, 1.807) is 0 Å². The van der Waals surface area contributed by atoms with E-state index in [0.717, 1.165) is 5.75 Å². The molecule has 2 rings (SSSR count). The van der Waals surface area contributed by atoms with Crippen LogP contribution in [0.15, 0.2) is 12.1 Å². The van der Waals surface area contributed by atoms with Crippen LogP contribution in [-0.4, -0.2) is 5.25 Å². The Labute approximate surface area is 90.1 Å². The minimum Gasteiger partial charge on any atom is -0.323 e. The Morgan fingerprint density at radius 3 is 2.64 bits per heavy atom. The van der Waals surface area contributed by atoms with Crippen molar-refractivity contribution in [3.8, 4) is 0 Å². The lowest BCUT2D eigenvalue weighted by molar-refractivity contribution is 0.692. The Hall–Kier alpha value is -0.470. The minimum atomic E-state index is 0.212. The summed E-state index contributed by atoms with van der Waals surface area (Å²) in [6.07, 6.45) is 0. The zero-order valence-corrected chi connectivity index (χ0v) is 9.82. The van der Waals surface area contributed by atoms with Gasteiger partial charge in [-0.3, -0.25) is 0 Å². The van der Waals surface area contributed by atoms with Crippen LogP contribution in [-0.2, 0) is 5.75 Å². The highest BCUT2D eigenvalue weighted by atomic mass is 32.2. The molecular formula is C12H17NS. The van der Waals surface area contributed by atoms with Crippen LogP contribution in [0, 0.1) is 13.8 Å². The van der Waals surface area contributed by atoms with Crippen LogP contribution in [0.1, 0.15) is 35.2 Å². The zero-order chi connectivity index (χ0) is 10.3. The maximum atomic E-state index is 6.24. The Morgan fingerprint density at radius 1 is 1.29 bits per heavy atom. The molecular weight excluding hydrogens is 190 g/mol. The van der Waals surface area contributed by atoms with E-state index in [1.807, 2.05) is 11.8 Å². The van der Waals surface area contributed by atoms with Crippen LogP contribution >= 0.6 is 11.8 Å². The van der Waals surface area contributed by atoms with Gasteiger partial charge in [0.1, 0.15) is 0 Å². The van der Waals surface area contributed by atoms with Crippen molar-refractivity contribution in [3.05, 3.63) is 34.4 Å². The first-order valence-electron chi connectivity index (χ1n) is 5.07. The maximum absolute atomic E-state index is 6.24. The summed E-state index contributed by atoms with van der Waals surface area (Å²) in [5.74, 6) is 1.12. The molecule has 2 heteroatoms. The molecule has 0 bridgehead atoms. The van der Waals surface area contributed by atoms with Crippen LogP contribution in [0.25, 0.3) is 0 Å². The normalized spacial score (nSPS) is 26.0. The average molecular weight is 207 g/mol. The fourth-order valence-corrected chi connectivity index (χ4v) is 3.26. The van der Waals surface area contributed by atoms with Crippen LogP contribution in [0.2, 0.25) is 0 Å². The molecule has 0 aromatic heterocycles. The zero-order valence-electron chi connectivity index (χ0n) is 9.00. The molecule has 0 fully saturated rings. The molecule has 2 atom stereocenters. The highest BCUT2D eigenvalue weighted by Gasteiger charge is 2.26. The smallest absolute Gasteiger partial charge is 0.0418 e. The summed E-state index contributed by atoms with van der Waals surface area (Å²) in [5.41, 5.74) is 11.9. The van der Waals surface area contributed by atoms with Gasteiger partial charge in [-0.25, -0.2) is 0 Å². The van der Waals surface area contributed by atoms with Gasteiger partial charge in [0, 0.05) is 17.0 Å². The molecule has 1 aliphatic heterocycles. The van der Waals surface area contributed by atoms with Gasteiger partial charge in [0.2, 0.25) is 0 Å². The van der Waals surface area contributed by atoms with E-state index in [0.29, 0.717) is 5.25 Å². The second-order valence-corrected chi connectivity index (χ2v) is 5.50. The average Bonchev–Trinajstić information content (AvgIpc) is 2.16. The van der Waals surface area contributed by atoms with E-state index < -0.39 is 0 Å². The number of rotatable bonds is 0. The van der Waals surface area contributed by atoms with Crippen molar-refractivity contribution in [2.75, 3.05) is 0 Å². The van der Waals surface area contributed by atoms with Gasteiger partial charge < -0.3 is 5.73 Å². The third-order valence-corrected chi connectivity index (χ3v) is 4.41. The van der Waals surface area contributed by atoms with E-state index in [2.05, 4.69) is 32.9 Å². The molecule has 76 valence electrons. The first kappa shape index (κ1) is 10.1. The van der Waals surface area contributed by atoms with Gasteiger partial charge in [-0.2, -0.15) is 11.8 Å². The van der Waals surface area contributed by atoms with Crippen molar-refractivity contribution in [2.24, 2.45) is 5.73 Å². The van der Waals surface area contributed by atoms with E-state index in [9.17, 15) is 0 Å². The Kier molecular flexibility index (Phi) is 2.58. The molecule has 1 nitrogen and oxygen atoms in total. The number of benzene rings is 1. The third-order valence-electron chi connectivity index (χ3n) is 3.14. The number of hydrogen-bond acceptors (Lipinski definition) is 2. The summed E-state index contributed by atoms with van der Waals surface area (Å²) < 4.78 is 0. The molecule has 2 unspecified atom stereocenters. The number of aryl methyl sites for hydroxylation is 2. The van der Waals surface area contributed by atoms with Gasteiger partial charge in [-0.15, -0.1) is 0 Å². The minimum absolute atomic E-state index is 0.212. The number of fused-ring (bicyclic) bond motifs is 1. The van der Waals surface area contributed by atoms with Gasteiger partial charge in [0.05, 0.1) is 0 Å². The molecule has 0 saturated heterocycles. The predicted molar refractivity (Wildman–Crippen MR) is 63.6 cm³/mol. The van der Waals surface area contributed by atoms with Crippen molar-refractivity contribution < 1.29 is 0 Å². The quantitative estimate of drug-likeness (QED) is 0.708. The Bertz CT molecular complexity index is 360. The molecule has 1 aromatic carbocycles. The largest absolute Gasteiger partial charge is 0.323 e. The molecule has 0 spiro atoms. The summed E-state index contributed by atoms with van der Waals surface area (Å²) in [6.45, 7) is 6.57. The first-order chi connectivity index (χ1) is 6.61. The topological polar surface area (TPSA) is 26.0 Å². The molecule has 0 amide bonds. The first-order valence-corrected chi connectivity index (χ1v) is 6.12. The lowest BCUT2D eigenvalue weighted by atomic mass is 9.91. The lowest BCUT2D eigenvalue weighted by Gasteiger charge is -2.30. The fourth-order valence-electron chi connectivity index (χ4n) is 2.10. The monoisotopic (exact) mass is 207 g/mol. The summed E-state index contributed by atoms with van der Waals surface area (Å²) in [5, 5.41) is 0.544. The summed E-state index contributed by atoms with van der Waals surface area (Å²) in [4.78, 5) is 0. The summed E-state index contributed by atoms with van der Waals surface area (Å²) >= 11 is 1.97. The van der Waals surface area contributed by atoms with Crippen LogP contribution in [0.5, 0.6) is 0 Å². The van der Waals surface area contributed by atoms with Gasteiger partial charge in [-0.1, -0.05) is 19.1 Å². The highest BCUT2D eigenvalue weighted by molar-refractivity contribution is 7.99. The van der Waals surface area contributed by atoms with Crippen molar-refractivity contribution in [1.82, 2.24) is 0 Å². The van der Waals surface area contributed by atoms with Crippen molar-refractivity contribution in [1.29, 1.82) is 0 Å². The van der Waals surface area contributed by atoms with Crippen LogP contribution in [0.4, 0.5) is 0 Å². The molecule has 1 aliphatic rings.